The molecule has 2 rings (SSSR count). The van der Waals surface area contributed by atoms with Crippen molar-refractivity contribution in [1.82, 2.24) is 9.97 Å². The number of aliphatic carboxylic acids is 1. The topological polar surface area (TPSA) is 63.1 Å². The van der Waals surface area contributed by atoms with E-state index in [4.69, 9.17) is 5.11 Å². The number of carboxylic acids is 1. The van der Waals surface area contributed by atoms with Crippen molar-refractivity contribution in [2.45, 2.75) is 50.2 Å². The van der Waals surface area contributed by atoms with E-state index < -0.39 is 5.97 Å². The van der Waals surface area contributed by atoms with E-state index in [1.807, 2.05) is 60.2 Å². The minimum absolute atomic E-state index is 0.282. The Morgan fingerprint density at radius 2 is 1.57 bits per heavy atom. The van der Waals surface area contributed by atoms with Crippen molar-refractivity contribution in [2.24, 2.45) is 0 Å². The summed E-state index contributed by atoms with van der Waals surface area (Å²) in [5.74, 6) is 2.62. The van der Waals surface area contributed by atoms with Crippen LogP contribution in [0, 0.1) is 0 Å². The molecule has 6 heteroatoms. The highest BCUT2D eigenvalue weighted by atomic mass is 32.2. The largest absolute Gasteiger partial charge is 0.481 e. The van der Waals surface area contributed by atoms with Crippen molar-refractivity contribution in [3.05, 3.63) is 60.2 Å². The summed E-state index contributed by atoms with van der Waals surface area (Å²) >= 11 is 4.01. The van der Waals surface area contributed by atoms with Crippen molar-refractivity contribution in [2.75, 3.05) is 17.3 Å². The van der Waals surface area contributed by atoms with E-state index in [-0.39, 0.29) is 6.42 Å². The van der Waals surface area contributed by atoms with Crippen LogP contribution in [0.2, 0.25) is 0 Å². The fourth-order valence-electron chi connectivity index (χ4n) is 2.87. The Morgan fingerprint density at radius 3 is 2.18 bits per heavy atom. The Morgan fingerprint density at radius 1 is 0.893 bits per heavy atom. The average molecular weight is 419 g/mol. The summed E-state index contributed by atoms with van der Waals surface area (Å²) in [6.07, 6.45) is 10.0. The predicted octanol–water partition coefficient (Wildman–Crippen LogP) is 5.13. The standard InChI is InChI=1S/C22H30N2O2S2/c25-22(26)10-2-1-9-21(28-18-12-20-8-4-6-15-24-20)13-17-27-16-11-19-7-3-5-14-23-19/h3-8,14-15,21H,1-2,9-13,16-18H2,(H,25,26). The van der Waals surface area contributed by atoms with Crippen LogP contribution in [0.1, 0.15) is 43.5 Å². The molecule has 4 nitrogen and oxygen atoms in total. The Bertz CT molecular complexity index is 656. The third kappa shape index (κ3) is 10.7. The molecule has 0 radical (unpaired) electrons. The second-order valence-corrected chi connectivity index (χ2v) is 9.31. The molecule has 0 saturated carbocycles. The quantitative estimate of drug-likeness (QED) is 0.405. The van der Waals surface area contributed by atoms with Crippen LogP contribution in [-0.2, 0) is 17.6 Å². The number of carbonyl (C=O) groups is 1. The zero-order valence-corrected chi connectivity index (χ0v) is 18.0. The normalized spacial score (nSPS) is 12.0. The van der Waals surface area contributed by atoms with Gasteiger partial charge >= 0.3 is 5.97 Å². The van der Waals surface area contributed by atoms with Gasteiger partial charge in [0, 0.05) is 35.5 Å². The lowest BCUT2D eigenvalue weighted by Gasteiger charge is -2.16. The maximum atomic E-state index is 10.7. The van der Waals surface area contributed by atoms with Crippen LogP contribution in [0.3, 0.4) is 0 Å². The first-order chi connectivity index (χ1) is 13.7. The third-order valence-corrected chi connectivity index (χ3v) is 6.82. The molecule has 152 valence electrons. The summed E-state index contributed by atoms with van der Waals surface area (Å²) in [6.45, 7) is 0. The lowest BCUT2D eigenvalue weighted by Crippen LogP contribution is -2.08. The highest BCUT2D eigenvalue weighted by Crippen LogP contribution is 2.24. The molecule has 0 saturated heterocycles. The van der Waals surface area contributed by atoms with Gasteiger partial charge in [-0.05, 0) is 73.6 Å². The molecule has 0 bridgehead atoms. The Hall–Kier alpha value is -1.53. The van der Waals surface area contributed by atoms with Gasteiger partial charge in [-0.2, -0.15) is 23.5 Å². The SMILES string of the molecule is O=C(O)CCCCC(CCSCCc1ccccn1)SCCc1ccccn1. The van der Waals surface area contributed by atoms with Gasteiger partial charge in [-0.25, -0.2) is 0 Å². The van der Waals surface area contributed by atoms with E-state index in [1.165, 1.54) is 6.42 Å². The molecular formula is C22H30N2O2S2. The first kappa shape index (κ1) is 22.8. The van der Waals surface area contributed by atoms with Gasteiger partial charge in [-0.1, -0.05) is 18.6 Å². The van der Waals surface area contributed by atoms with E-state index in [9.17, 15) is 4.79 Å². The summed E-state index contributed by atoms with van der Waals surface area (Å²) in [5.41, 5.74) is 2.30. The van der Waals surface area contributed by atoms with E-state index in [2.05, 4.69) is 22.1 Å². The van der Waals surface area contributed by atoms with Crippen molar-refractivity contribution in [3.63, 3.8) is 0 Å². The molecule has 1 atom stereocenters. The van der Waals surface area contributed by atoms with Crippen LogP contribution < -0.4 is 0 Å². The molecule has 1 unspecified atom stereocenters. The van der Waals surface area contributed by atoms with Gasteiger partial charge in [0.1, 0.15) is 0 Å². The average Bonchev–Trinajstić information content (AvgIpc) is 2.72. The van der Waals surface area contributed by atoms with Crippen LogP contribution in [0.4, 0.5) is 0 Å². The first-order valence-corrected chi connectivity index (χ1v) is 12.2. The van der Waals surface area contributed by atoms with E-state index in [0.717, 1.165) is 60.8 Å². The number of carboxylic acid groups (broad SMARTS) is 1. The lowest BCUT2D eigenvalue weighted by atomic mass is 10.1. The van der Waals surface area contributed by atoms with Crippen molar-refractivity contribution >= 4 is 29.5 Å². The highest BCUT2D eigenvalue weighted by molar-refractivity contribution is 8.00. The number of rotatable bonds is 15. The van der Waals surface area contributed by atoms with Crippen molar-refractivity contribution in [1.29, 1.82) is 0 Å². The lowest BCUT2D eigenvalue weighted by molar-refractivity contribution is -0.137. The first-order valence-electron chi connectivity index (χ1n) is 9.95. The molecule has 2 aromatic rings. The Kier molecular flexibility index (Phi) is 11.8. The molecule has 0 aliphatic heterocycles. The van der Waals surface area contributed by atoms with Gasteiger partial charge in [-0.15, -0.1) is 0 Å². The molecule has 0 fully saturated rings. The number of pyridine rings is 2. The summed E-state index contributed by atoms with van der Waals surface area (Å²) in [5, 5.41) is 9.42. The Labute approximate surface area is 177 Å². The Balaban J connectivity index is 1.66. The highest BCUT2D eigenvalue weighted by Gasteiger charge is 2.10. The van der Waals surface area contributed by atoms with Gasteiger partial charge in [0.15, 0.2) is 0 Å². The molecule has 2 heterocycles. The molecule has 1 N–H and O–H groups in total. The predicted molar refractivity (Wildman–Crippen MR) is 120 cm³/mol. The smallest absolute Gasteiger partial charge is 0.303 e. The molecule has 0 spiro atoms. The van der Waals surface area contributed by atoms with Gasteiger partial charge in [-0.3, -0.25) is 14.8 Å². The molecule has 0 aliphatic carbocycles. The summed E-state index contributed by atoms with van der Waals surface area (Å²) in [7, 11) is 0. The second kappa shape index (κ2) is 14.5. The van der Waals surface area contributed by atoms with Crippen LogP contribution in [0.5, 0.6) is 0 Å². The molecule has 2 aromatic heterocycles. The number of hydrogen-bond acceptors (Lipinski definition) is 5. The molecule has 28 heavy (non-hydrogen) atoms. The fourth-order valence-corrected chi connectivity index (χ4v) is 5.31. The zero-order chi connectivity index (χ0) is 19.9. The monoisotopic (exact) mass is 418 g/mol. The number of hydrogen-bond donors (Lipinski definition) is 1. The van der Waals surface area contributed by atoms with Crippen LogP contribution >= 0.6 is 23.5 Å². The maximum Gasteiger partial charge on any atom is 0.303 e. The van der Waals surface area contributed by atoms with E-state index >= 15 is 0 Å². The van der Waals surface area contributed by atoms with Crippen LogP contribution in [-0.4, -0.2) is 43.6 Å². The number of aryl methyl sites for hydroxylation is 2. The summed E-state index contributed by atoms with van der Waals surface area (Å²) < 4.78 is 0. The van der Waals surface area contributed by atoms with Gasteiger partial charge in [0.05, 0.1) is 0 Å². The van der Waals surface area contributed by atoms with Crippen molar-refractivity contribution in [3.8, 4) is 0 Å². The number of thioether (sulfide) groups is 2. The summed E-state index contributed by atoms with van der Waals surface area (Å²) in [6, 6.07) is 12.1. The van der Waals surface area contributed by atoms with Gasteiger partial charge in [0.2, 0.25) is 0 Å². The molecular weight excluding hydrogens is 388 g/mol. The van der Waals surface area contributed by atoms with Crippen LogP contribution in [0.25, 0.3) is 0 Å². The molecule has 0 aromatic carbocycles. The van der Waals surface area contributed by atoms with E-state index in [1.54, 1.807) is 0 Å². The third-order valence-electron chi connectivity index (χ3n) is 4.42. The number of unbranched alkanes of at least 4 members (excludes halogenated alkanes) is 1. The maximum absolute atomic E-state index is 10.7. The molecule has 0 aliphatic rings. The second-order valence-electron chi connectivity index (χ2n) is 6.68. The minimum atomic E-state index is -0.690. The number of nitrogens with zero attached hydrogens (tertiary/aromatic N) is 2. The van der Waals surface area contributed by atoms with Gasteiger partial charge < -0.3 is 5.11 Å². The van der Waals surface area contributed by atoms with Crippen molar-refractivity contribution < 1.29 is 9.90 Å². The molecule has 0 amide bonds. The van der Waals surface area contributed by atoms with Crippen LogP contribution in [0.15, 0.2) is 48.8 Å². The van der Waals surface area contributed by atoms with E-state index in [0.29, 0.717) is 5.25 Å². The fraction of sp³-hybridized carbons (Fsp3) is 0.500. The van der Waals surface area contributed by atoms with Gasteiger partial charge in [0.25, 0.3) is 0 Å². The zero-order valence-electron chi connectivity index (χ0n) is 16.3. The summed E-state index contributed by atoms with van der Waals surface area (Å²) in [4.78, 5) is 19.5. The minimum Gasteiger partial charge on any atom is -0.481 e. The number of aromatic nitrogens is 2.